The average Bonchev–Trinajstić information content (AvgIpc) is 4.00. The van der Waals surface area contributed by atoms with Gasteiger partial charge >= 0.3 is 6.03 Å². The van der Waals surface area contributed by atoms with Gasteiger partial charge in [-0.2, -0.15) is 0 Å². The summed E-state index contributed by atoms with van der Waals surface area (Å²) in [5.41, 5.74) is -1.68. The highest BCUT2D eigenvalue weighted by atomic mass is 32.2. The molecule has 6 rings (SSSR count). The molecule has 5 aliphatic carbocycles. The number of piperidine rings is 1. The fourth-order valence-corrected chi connectivity index (χ4v) is 11.4. The van der Waals surface area contributed by atoms with Gasteiger partial charge in [-0.25, -0.2) is 13.2 Å². The maximum atomic E-state index is 14.9. The third-order valence-corrected chi connectivity index (χ3v) is 16.5. The number of hydrogen-bond acceptors (Lipinski definition) is 7. The minimum Gasteiger partial charge on any atom is -0.346 e. The van der Waals surface area contributed by atoms with E-state index < -0.39 is 67.3 Å². The Morgan fingerprint density at radius 1 is 0.962 bits per heavy atom. The number of hydrogen-bond donors (Lipinski definition) is 4. The zero-order chi connectivity index (χ0) is 38.0. The molecule has 0 aromatic carbocycles. The second kappa shape index (κ2) is 13.7. The quantitative estimate of drug-likeness (QED) is 0.156. The molecular formula is C39H61N5O7S. The fourth-order valence-electron chi connectivity index (χ4n) is 9.89. The van der Waals surface area contributed by atoms with Crippen LogP contribution in [0.2, 0.25) is 0 Å². The van der Waals surface area contributed by atoms with E-state index in [2.05, 4.69) is 41.7 Å². The van der Waals surface area contributed by atoms with Crippen LogP contribution in [0.4, 0.5) is 4.79 Å². The molecule has 6 fully saturated rings. The van der Waals surface area contributed by atoms with Gasteiger partial charge < -0.3 is 26.2 Å². The van der Waals surface area contributed by atoms with Crippen LogP contribution in [-0.4, -0.2) is 90.1 Å². The van der Waals surface area contributed by atoms with E-state index in [1.54, 1.807) is 25.7 Å². The van der Waals surface area contributed by atoms with Crippen molar-refractivity contribution in [1.82, 2.24) is 26.2 Å². The van der Waals surface area contributed by atoms with Crippen molar-refractivity contribution in [2.24, 2.45) is 40.4 Å². The summed E-state index contributed by atoms with van der Waals surface area (Å²) in [6, 6.07) is -3.36. The molecule has 1 heterocycles. The molecule has 1 unspecified atom stereocenters. The Morgan fingerprint density at radius 3 is 2.17 bits per heavy atom. The van der Waals surface area contributed by atoms with Crippen molar-refractivity contribution >= 4 is 39.4 Å². The standard InChI is InChI=1S/C39H61N5O7S/c1-8-16-40-33(47)30(45)27(17-23-12-13-23)41-32(46)29-28-26(37(28,5)6)21-44(29)34(48)31(38(7)14-10-9-11-15-38)42-35(49)43-39(19-24-18-25(24)20-39)22-52(50,51)36(2,3)4/h8,23-29,31H,1,9-22H2,2-7H3,(H,40,47)(H,41,46)(H2,42,43,49)/t24-,25+,26-,27?,28-,29-,31+,39+/m0/s1. The second-order valence-electron chi connectivity index (χ2n) is 19.1. The van der Waals surface area contributed by atoms with Crippen molar-refractivity contribution in [3.8, 4) is 0 Å². The predicted octanol–water partition coefficient (Wildman–Crippen LogP) is 3.65. The topological polar surface area (TPSA) is 171 Å². The number of nitrogens with zero attached hydrogens (tertiary/aromatic N) is 1. The Hall–Kier alpha value is -2.96. The van der Waals surface area contributed by atoms with Crippen molar-refractivity contribution in [1.29, 1.82) is 0 Å². The Labute approximate surface area is 309 Å². The molecule has 0 aromatic rings. The number of nitrogens with one attached hydrogen (secondary N) is 4. The van der Waals surface area contributed by atoms with Crippen molar-refractivity contribution in [2.75, 3.05) is 18.8 Å². The van der Waals surface area contributed by atoms with Crippen molar-refractivity contribution in [3.63, 3.8) is 0 Å². The number of urea groups is 1. The molecule has 4 N–H and O–H groups in total. The van der Waals surface area contributed by atoms with Gasteiger partial charge in [0, 0.05) is 13.1 Å². The van der Waals surface area contributed by atoms with Gasteiger partial charge in [0.05, 0.1) is 22.1 Å². The van der Waals surface area contributed by atoms with E-state index >= 15 is 0 Å². The number of amides is 5. The normalized spacial score (nSPS) is 32.3. The Balaban J connectivity index is 1.24. The average molecular weight is 744 g/mol. The van der Waals surface area contributed by atoms with Gasteiger partial charge in [0.15, 0.2) is 9.84 Å². The van der Waals surface area contributed by atoms with Gasteiger partial charge in [-0.15, -0.1) is 6.58 Å². The molecule has 1 saturated heterocycles. The number of carbonyl (C=O) groups excluding carboxylic acids is 5. The van der Waals surface area contributed by atoms with Crippen LogP contribution in [-0.2, 0) is 29.0 Å². The van der Waals surface area contributed by atoms with Crippen molar-refractivity contribution < 1.29 is 32.4 Å². The lowest BCUT2D eigenvalue weighted by molar-refractivity contribution is -0.146. The molecule has 13 heteroatoms. The van der Waals surface area contributed by atoms with E-state index in [1.165, 1.54) is 6.08 Å². The lowest BCUT2D eigenvalue weighted by Gasteiger charge is -2.44. The number of sulfone groups is 1. The number of rotatable bonds is 14. The summed E-state index contributed by atoms with van der Waals surface area (Å²) in [6.45, 7) is 15.3. The van der Waals surface area contributed by atoms with Gasteiger partial charge in [0.25, 0.3) is 5.91 Å². The Kier molecular flexibility index (Phi) is 10.2. The molecule has 0 radical (unpaired) electrons. The highest BCUT2D eigenvalue weighted by molar-refractivity contribution is 7.92. The zero-order valence-electron chi connectivity index (χ0n) is 32.0. The summed E-state index contributed by atoms with van der Waals surface area (Å²) in [4.78, 5) is 70.9. The second-order valence-corrected chi connectivity index (χ2v) is 21.8. The molecule has 0 bridgehead atoms. The molecule has 8 atom stereocenters. The monoisotopic (exact) mass is 743 g/mol. The van der Waals surface area contributed by atoms with E-state index in [0.29, 0.717) is 37.6 Å². The summed E-state index contributed by atoms with van der Waals surface area (Å²) in [7, 11) is -3.55. The van der Waals surface area contributed by atoms with Crippen molar-refractivity contribution in [2.45, 2.75) is 141 Å². The molecule has 5 saturated carbocycles. The first-order valence-corrected chi connectivity index (χ1v) is 21.2. The Bertz CT molecular complexity index is 1580. The van der Waals surface area contributed by atoms with E-state index in [-0.39, 0.29) is 41.4 Å². The maximum absolute atomic E-state index is 14.9. The van der Waals surface area contributed by atoms with E-state index in [1.807, 2.05) is 6.92 Å². The summed E-state index contributed by atoms with van der Waals surface area (Å²) in [5.74, 6) is -1.43. The highest BCUT2D eigenvalue weighted by Gasteiger charge is 2.70. The number of fused-ring (bicyclic) bond motifs is 2. The lowest BCUT2D eigenvalue weighted by Crippen LogP contribution is -2.64. The van der Waals surface area contributed by atoms with Gasteiger partial charge in [-0.3, -0.25) is 19.2 Å². The highest BCUT2D eigenvalue weighted by Crippen LogP contribution is 2.65. The van der Waals surface area contributed by atoms with Gasteiger partial charge in [0.1, 0.15) is 12.1 Å². The lowest BCUT2D eigenvalue weighted by atomic mass is 9.70. The molecular weight excluding hydrogens is 683 g/mol. The minimum absolute atomic E-state index is 0.0744. The Morgan fingerprint density at radius 2 is 1.60 bits per heavy atom. The van der Waals surface area contributed by atoms with Crippen LogP contribution in [0.5, 0.6) is 0 Å². The number of Topliss-reactive ketones (excluding diaryl/α,β-unsaturated/α-hetero) is 1. The number of ketones is 1. The molecule has 0 aromatic heterocycles. The van der Waals surface area contributed by atoms with E-state index in [9.17, 15) is 32.4 Å². The third-order valence-electron chi connectivity index (χ3n) is 13.7. The fraction of sp³-hybridized carbons (Fsp3) is 0.821. The van der Waals surface area contributed by atoms with Crippen LogP contribution in [0.15, 0.2) is 12.7 Å². The first-order chi connectivity index (χ1) is 24.2. The number of carbonyl (C=O) groups is 5. The van der Waals surface area contributed by atoms with Crippen LogP contribution in [0.25, 0.3) is 0 Å². The minimum atomic E-state index is -3.55. The van der Waals surface area contributed by atoms with E-state index in [0.717, 1.165) is 51.4 Å². The number of likely N-dealkylation sites (tertiary alicyclic amines) is 1. The first kappa shape index (κ1) is 38.8. The molecule has 12 nitrogen and oxygen atoms in total. The van der Waals surface area contributed by atoms with Gasteiger partial charge in [0.2, 0.25) is 17.6 Å². The molecule has 5 amide bonds. The van der Waals surface area contributed by atoms with Crippen LogP contribution < -0.4 is 21.3 Å². The smallest absolute Gasteiger partial charge is 0.315 e. The van der Waals surface area contributed by atoms with E-state index in [4.69, 9.17) is 0 Å². The molecule has 290 valence electrons. The molecule has 6 aliphatic rings. The van der Waals surface area contributed by atoms with Crippen LogP contribution in [0, 0.1) is 40.4 Å². The largest absolute Gasteiger partial charge is 0.346 e. The molecule has 0 spiro atoms. The predicted molar refractivity (Wildman–Crippen MR) is 197 cm³/mol. The summed E-state index contributed by atoms with van der Waals surface area (Å²) >= 11 is 0. The summed E-state index contributed by atoms with van der Waals surface area (Å²) < 4.78 is 25.9. The van der Waals surface area contributed by atoms with Crippen LogP contribution >= 0.6 is 0 Å². The zero-order valence-corrected chi connectivity index (χ0v) is 32.8. The molecule has 52 heavy (non-hydrogen) atoms. The maximum Gasteiger partial charge on any atom is 0.315 e. The van der Waals surface area contributed by atoms with Crippen LogP contribution in [0.1, 0.15) is 112 Å². The SMILES string of the molecule is C=CCNC(=O)C(=O)C(CC1CC1)NC(=O)[C@@H]1[C@@H]2[C@H](CN1C(=O)[C@@H](NC(=O)N[C@@]1(CS(=O)(=O)C(C)(C)C)C[C@H]3C[C@H]3C1)C1(C)CCCCC1)C2(C)C. The van der Waals surface area contributed by atoms with Crippen LogP contribution in [0.3, 0.4) is 0 Å². The molecule has 1 aliphatic heterocycles. The van der Waals surface area contributed by atoms with Crippen molar-refractivity contribution in [3.05, 3.63) is 12.7 Å². The summed E-state index contributed by atoms with van der Waals surface area (Å²) in [5, 5.41) is 11.6. The third kappa shape index (κ3) is 7.67. The van der Waals surface area contributed by atoms with Gasteiger partial charge in [-0.1, -0.05) is 59.0 Å². The van der Waals surface area contributed by atoms with Gasteiger partial charge in [-0.05, 0) is 99.7 Å². The first-order valence-electron chi connectivity index (χ1n) is 19.6. The summed E-state index contributed by atoms with van der Waals surface area (Å²) in [6.07, 6.45) is 10.2.